The molecule has 0 saturated heterocycles. The molecule has 0 aromatic heterocycles. The summed E-state index contributed by atoms with van der Waals surface area (Å²) in [5.41, 5.74) is 0. The zero-order valence-corrected chi connectivity index (χ0v) is 51.9. The molecule has 0 rings (SSSR count). The number of phosphoric ester groups is 2. The highest BCUT2D eigenvalue weighted by molar-refractivity contribution is 7.47. The van der Waals surface area contributed by atoms with E-state index in [1.807, 2.05) is 0 Å². The van der Waals surface area contributed by atoms with Gasteiger partial charge in [-0.25, -0.2) is 9.13 Å². The van der Waals surface area contributed by atoms with Gasteiger partial charge in [-0.2, -0.15) is 0 Å². The first kappa shape index (κ1) is 76.5. The van der Waals surface area contributed by atoms with E-state index >= 15 is 0 Å². The Bertz CT molecular complexity index is 1660. The quantitative estimate of drug-likeness (QED) is 0.0169. The SMILES string of the molecule is CCCCCC/C=C\C=C/CCCCCCCC(=O)O[C@H](COC(=O)CCCCCCCCCC(C)C)COP(=O)(O)OC[C@@H](O)COP(=O)(O)OC[C@@H](COC(=O)CCCCCCC)OC(=O)CCCCCCCCC(C)C. The van der Waals surface area contributed by atoms with E-state index in [0.717, 1.165) is 116 Å². The van der Waals surface area contributed by atoms with Crippen molar-refractivity contribution in [1.29, 1.82) is 0 Å². The first-order valence-electron chi connectivity index (χ1n) is 30.8. The van der Waals surface area contributed by atoms with Crippen molar-refractivity contribution >= 4 is 39.5 Å². The van der Waals surface area contributed by atoms with Crippen molar-refractivity contribution in [3.63, 3.8) is 0 Å². The minimum Gasteiger partial charge on any atom is -0.462 e. The fourth-order valence-electron chi connectivity index (χ4n) is 8.28. The van der Waals surface area contributed by atoms with Crippen LogP contribution in [-0.2, 0) is 65.4 Å². The van der Waals surface area contributed by atoms with Crippen molar-refractivity contribution < 1.29 is 80.2 Å². The Kier molecular flexibility index (Phi) is 50.7. The molecule has 17 nitrogen and oxygen atoms in total. The summed E-state index contributed by atoms with van der Waals surface area (Å²) in [6, 6.07) is 0. The number of phosphoric acid groups is 2. The lowest BCUT2D eigenvalue weighted by atomic mass is 10.0. The second kappa shape index (κ2) is 52.4. The van der Waals surface area contributed by atoms with Gasteiger partial charge < -0.3 is 33.8 Å². The highest BCUT2D eigenvalue weighted by atomic mass is 31.2. The van der Waals surface area contributed by atoms with E-state index in [0.29, 0.717) is 37.5 Å². The van der Waals surface area contributed by atoms with Gasteiger partial charge in [0.15, 0.2) is 12.2 Å². The number of carbonyl (C=O) groups excluding carboxylic acids is 4. The molecule has 2 unspecified atom stereocenters. The predicted molar refractivity (Wildman–Crippen MR) is 312 cm³/mol. The number of esters is 4. The second-order valence-corrected chi connectivity index (χ2v) is 24.9. The minimum atomic E-state index is -4.95. The number of hydrogen-bond acceptors (Lipinski definition) is 15. The number of hydrogen-bond donors (Lipinski definition) is 3. The largest absolute Gasteiger partial charge is 0.472 e. The number of aliphatic hydroxyl groups is 1. The van der Waals surface area contributed by atoms with Crippen molar-refractivity contribution in [2.24, 2.45) is 11.8 Å². The smallest absolute Gasteiger partial charge is 0.462 e. The maximum atomic E-state index is 12.9. The van der Waals surface area contributed by atoms with Gasteiger partial charge in [-0.1, -0.05) is 214 Å². The molecule has 0 aromatic rings. The molecule has 3 N–H and O–H groups in total. The van der Waals surface area contributed by atoms with Crippen molar-refractivity contribution in [3.05, 3.63) is 24.3 Å². The van der Waals surface area contributed by atoms with Crippen molar-refractivity contribution in [3.8, 4) is 0 Å². The summed E-state index contributed by atoms with van der Waals surface area (Å²) in [7, 11) is -9.88. The molecule has 464 valence electrons. The Hall–Kier alpha value is -2.46. The molecule has 0 bridgehead atoms. The number of allylic oxidation sites excluding steroid dienone is 4. The van der Waals surface area contributed by atoms with Gasteiger partial charge in [0.05, 0.1) is 26.4 Å². The molecule has 0 spiro atoms. The molecule has 0 fully saturated rings. The van der Waals surface area contributed by atoms with E-state index in [2.05, 4.69) is 65.8 Å². The van der Waals surface area contributed by atoms with Gasteiger partial charge in [0.25, 0.3) is 0 Å². The average molecular weight is 1170 g/mol. The average Bonchev–Trinajstić information content (AvgIpc) is 3.40. The lowest BCUT2D eigenvalue weighted by Crippen LogP contribution is -2.30. The number of aliphatic hydroxyl groups excluding tert-OH is 1. The van der Waals surface area contributed by atoms with Crippen LogP contribution in [0.5, 0.6) is 0 Å². The van der Waals surface area contributed by atoms with E-state index in [9.17, 15) is 43.2 Å². The normalized spacial score (nSPS) is 14.6. The third kappa shape index (κ3) is 54.5. The maximum Gasteiger partial charge on any atom is 0.472 e. The molecule has 0 saturated carbocycles. The molecule has 0 heterocycles. The van der Waals surface area contributed by atoms with E-state index in [4.69, 9.17) is 37.0 Å². The van der Waals surface area contributed by atoms with Gasteiger partial charge in [0.2, 0.25) is 0 Å². The molecular formula is C60H112O17P2. The molecule has 79 heavy (non-hydrogen) atoms. The maximum absolute atomic E-state index is 12.9. The zero-order valence-electron chi connectivity index (χ0n) is 50.1. The van der Waals surface area contributed by atoms with Gasteiger partial charge >= 0.3 is 39.5 Å². The Morgan fingerprint density at radius 2 is 0.684 bits per heavy atom. The van der Waals surface area contributed by atoms with Gasteiger partial charge in [-0.3, -0.25) is 37.3 Å². The fourth-order valence-corrected chi connectivity index (χ4v) is 9.86. The fraction of sp³-hybridized carbons (Fsp3) is 0.867. The van der Waals surface area contributed by atoms with Crippen LogP contribution < -0.4 is 0 Å². The Morgan fingerprint density at radius 1 is 0.392 bits per heavy atom. The molecule has 0 aliphatic carbocycles. The molecule has 0 radical (unpaired) electrons. The van der Waals surface area contributed by atoms with Crippen LogP contribution in [0.15, 0.2) is 24.3 Å². The standard InChI is InChI=1S/C60H112O17P2/c1-7-9-11-13-14-15-16-17-18-19-20-21-24-32-38-44-59(64)76-56(49-71-58(63)43-37-31-25-22-23-29-34-40-52(3)4)51-75-79(68,69)73-47-54(61)46-72-78(66,67)74-50-55(48-70-57(62)42-36-28-12-10-8-2)77-60(65)45-39-33-27-26-30-35-41-53(5)6/h15-18,52-56,61H,7-14,19-51H2,1-6H3,(H,66,67)(H,68,69)/b16-15-,18-17-/t54-,55+,56+/m0/s1. The summed E-state index contributed by atoms with van der Waals surface area (Å²) in [6.45, 7) is 9.15. The lowest BCUT2D eigenvalue weighted by Gasteiger charge is -2.21. The van der Waals surface area contributed by atoms with Crippen LogP contribution in [0.4, 0.5) is 0 Å². The van der Waals surface area contributed by atoms with Gasteiger partial charge in [0, 0.05) is 25.7 Å². The summed E-state index contributed by atoms with van der Waals surface area (Å²) in [6.07, 6.45) is 36.3. The molecule has 0 aliphatic heterocycles. The Morgan fingerprint density at radius 3 is 1.04 bits per heavy atom. The van der Waals surface area contributed by atoms with Crippen LogP contribution in [0.2, 0.25) is 0 Å². The highest BCUT2D eigenvalue weighted by Crippen LogP contribution is 2.45. The topological polar surface area (TPSA) is 237 Å². The molecule has 19 heteroatoms. The Labute approximate surface area is 478 Å². The van der Waals surface area contributed by atoms with Crippen LogP contribution in [0, 0.1) is 11.8 Å². The van der Waals surface area contributed by atoms with Gasteiger partial charge in [-0.15, -0.1) is 0 Å². The van der Waals surface area contributed by atoms with Crippen LogP contribution in [0.25, 0.3) is 0 Å². The predicted octanol–water partition coefficient (Wildman–Crippen LogP) is 15.6. The van der Waals surface area contributed by atoms with Crippen LogP contribution in [0.1, 0.15) is 266 Å². The summed E-state index contributed by atoms with van der Waals surface area (Å²) < 4.78 is 67.5. The van der Waals surface area contributed by atoms with Crippen LogP contribution in [0.3, 0.4) is 0 Å². The molecule has 5 atom stereocenters. The summed E-state index contributed by atoms with van der Waals surface area (Å²) in [5.74, 6) is -0.817. The minimum absolute atomic E-state index is 0.0836. The number of unbranched alkanes of at least 4 members (excludes halogenated alkanes) is 24. The third-order valence-corrected chi connectivity index (χ3v) is 15.0. The van der Waals surface area contributed by atoms with Crippen molar-refractivity contribution in [2.75, 3.05) is 39.6 Å². The van der Waals surface area contributed by atoms with Gasteiger partial charge in [-0.05, 0) is 63.2 Å². The highest BCUT2D eigenvalue weighted by Gasteiger charge is 2.30. The molecule has 0 amide bonds. The van der Waals surface area contributed by atoms with E-state index in [1.165, 1.54) is 57.8 Å². The van der Waals surface area contributed by atoms with E-state index in [-0.39, 0.29) is 25.7 Å². The van der Waals surface area contributed by atoms with E-state index in [1.54, 1.807) is 0 Å². The summed E-state index contributed by atoms with van der Waals surface area (Å²) >= 11 is 0. The number of ether oxygens (including phenoxy) is 4. The lowest BCUT2D eigenvalue weighted by molar-refractivity contribution is -0.161. The third-order valence-electron chi connectivity index (χ3n) is 13.1. The summed E-state index contributed by atoms with van der Waals surface area (Å²) in [4.78, 5) is 71.7. The number of carbonyl (C=O) groups is 4. The first-order valence-corrected chi connectivity index (χ1v) is 33.8. The Balaban J connectivity index is 5.22. The first-order chi connectivity index (χ1) is 37.9. The number of rotatable bonds is 57. The second-order valence-electron chi connectivity index (χ2n) is 22.0. The molecule has 0 aromatic carbocycles. The van der Waals surface area contributed by atoms with Crippen LogP contribution in [-0.4, -0.2) is 96.7 Å². The van der Waals surface area contributed by atoms with E-state index < -0.39 is 97.5 Å². The van der Waals surface area contributed by atoms with Crippen molar-refractivity contribution in [1.82, 2.24) is 0 Å². The monoisotopic (exact) mass is 1170 g/mol. The van der Waals surface area contributed by atoms with Crippen LogP contribution >= 0.6 is 15.6 Å². The molecular weight excluding hydrogens is 1050 g/mol. The van der Waals surface area contributed by atoms with Gasteiger partial charge in [0.1, 0.15) is 19.3 Å². The van der Waals surface area contributed by atoms with Crippen molar-refractivity contribution in [2.45, 2.75) is 285 Å². The summed E-state index contributed by atoms with van der Waals surface area (Å²) in [5, 5.41) is 10.5. The molecule has 0 aliphatic rings. The zero-order chi connectivity index (χ0) is 58.7.